The third-order valence-electron chi connectivity index (χ3n) is 10.4. The van der Waals surface area contributed by atoms with Gasteiger partial charge >= 0.3 is 5.97 Å². The predicted octanol–water partition coefficient (Wildman–Crippen LogP) is 4.57. The minimum absolute atomic E-state index is 0.0888. The Hall–Kier alpha value is -0.610. The summed E-state index contributed by atoms with van der Waals surface area (Å²) < 4.78 is 4.86. The maximum absolute atomic E-state index is 11.6. The van der Waals surface area contributed by atoms with Crippen LogP contribution in [0.3, 0.4) is 0 Å². The molecule has 10 atom stereocenters. The largest absolute Gasteiger partial charge is 0.469 e. The lowest BCUT2D eigenvalue weighted by atomic mass is 9.44. The molecule has 4 aliphatic rings. The van der Waals surface area contributed by atoms with Crippen LogP contribution in [0.2, 0.25) is 0 Å². The molecule has 2 N–H and O–H groups in total. The molecule has 0 amide bonds. The summed E-state index contributed by atoms with van der Waals surface area (Å²) in [6.07, 6.45) is 9.77. The molecule has 4 heteroatoms. The maximum atomic E-state index is 11.6. The number of fused-ring (bicyclic) bond motifs is 5. The van der Waals surface area contributed by atoms with Gasteiger partial charge < -0.3 is 14.9 Å². The summed E-state index contributed by atoms with van der Waals surface area (Å²) in [5, 5.41) is 21.3. The minimum atomic E-state index is -0.255. The van der Waals surface area contributed by atoms with Gasteiger partial charge in [0, 0.05) is 6.42 Å². The van der Waals surface area contributed by atoms with E-state index in [0.717, 1.165) is 32.1 Å². The van der Waals surface area contributed by atoms with Gasteiger partial charge in [0.15, 0.2) is 0 Å². The number of hydrogen-bond acceptors (Lipinski definition) is 4. The van der Waals surface area contributed by atoms with E-state index in [9.17, 15) is 15.0 Å². The molecule has 0 aliphatic heterocycles. The topological polar surface area (TPSA) is 66.8 Å². The summed E-state index contributed by atoms with van der Waals surface area (Å²) in [6.45, 7) is 7.28. The monoisotopic (exact) mass is 406 g/mol. The molecule has 0 heterocycles. The minimum Gasteiger partial charge on any atom is -0.469 e. The Morgan fingerprint density at radius 1 is 1.00 bits per heavy atom. The highest BCUT2D eigenvalue weighted by molar-refractivity contribution is 5.69. The number of rotatable bonds is 4. The van der Waals surface area contributed by atoms with Crippen LogP contribution in [0.1, 0.15) is 85.0 Å². The molecular formula is C25H42O4. The van der Waals surface area contributed by atoms with Crippen LogP contribution in [-0.2, 0) is 9.53 Å². The van der Waals surface area contributed by atoms with E-state index in [1.54, 1.807) is 0 Å². The molecule has 0 aromatic rings. The smallest absolute Gasteiger partial charge is 0.305 e. The molecule has 4 aliphatic carbocycles. The molecule has 0 bridgehead atoms. The van der Waals surface area contributed by atoms with Gasteiger partial charge in [-0.2, -0.15) is 0 Å². The van der Waals surface area contributed by atoms with Crippen molar-refractivity contribution < 1.29 is 19.7 Å². The van der Waals surface area contributed by atoms with Crippen molar-refractivity contribution in [3.8, 4) is 0 Å². The van der Waals surface area contributed by atoms with Crippen LogP contribution in [0.15, 0.2) is 0 Å². The molecular weight excluding hydrogens is 364 g/mol. The number of aliphatic hydroxyl groups is 2. The van der Waals surface area contributed by atoms with Crippen molar-refractivity contribution in [1.29, 1.82) is 0 Å². The SMILES string of the molecule is COC(=O)CC[C@H](C)[C@@H]1CC[C@@H]2[C@H]3C[C@H](O)[C@H]4C[C@@H](O)CC[C@]4(C)[C@@H]3CC[C@]21C. The van der Waals surface area contributed by atoms with Crippen molar-refractivity contribution in [2.24, 2.45) is 46.3 Å². The van der Waals surface area contributed by atoms with Crippen molar-refractivity contribution >= 4 is 5.97 Å². The van der Waals surface area contributed by atoms with Gasteiger partial charge in [-0.1, -0.05) is 20.8 Å². The van der Waals surface area contributed by atoms with Crippen molar-refractivity contribution in [2.75, 3.05) is 7.11 Å². The maximum Gasteiger partial charge on any atom is 0.305 e. The highest BCUT2D eigenvalue weighted by atomic mass is 16.5. The Balaban J connectivity index is 1.52. The predicted molar refractivity (Wildman–Crippen MR) is 113 cm³/mol. The number of aliphatic hydroxyl groups excluding tert-OH is 2. The first kappa shape index (κ1) is 21.6. The van der Waals surface area contributed by atoms with E-state index >= 15 is 0 Å². The Morgan fingerprint density at radius 2 is 1.69 bits per heavy atom. The Labute approximate surface area is 176 Å². The number of carbonyl (C=O) groups is 1. The normalized spacial score (nSPS) is 50.2. The van der Waals surface area contributed by atoms with Gasteiger partial charge in [-0.25, -0.2) is 0 Å². The summed E-state index contributed by atoms with van der Waals surface area (Å²) in [5.41, 5.74) is 0.533. The highest BCUT2D eigenvalue weighted by Crippen LogP contribution is 2.68. The fourth-order valence-electron chi connectivity index (χ4n) is 8.90. The van der Waals surface area contributed by atoms with Crippen molar-refractivity contribution in [3.63, 3.8) is 0 Å². The molecule has 166 valence electrons. The second kappa shape index (κ2) is 7.82. The van der Waals surface area contributed by atoms with E-state index in [2.05, 4.69) is 20.8 Å². The molecule has 4 nitrogen and oxygen atoms in total. The number of hydrogen-bond donors (Lipinski definition) is 2. The lowest BCUT2D eigenvalue weighted by molar-refractivity contribution is -0.172. The zero-order valence-corrected chi connectivity index (χ0v) is 18.9. The van der Waals surface area contributed by atoms with E-state index in [1.165, 1.54) is 32.8 Å². The first-order chi connectivity index (χ1) is 13.7. The van der Waals surface area contributed by atoms with Gasteiger partial charge in [-0.3, -0.25) is 4.79 Å². The number of ether oxygens (including phenoxy) is 1. The third kappa shape index (κ3) is 3.46. The second-order valence-electron chi connectivity index (χ2n) is 11.5. The van der Waals surface area contributed by atoms with Crippen LogP contribution >= 0.6 is 0 Å². The summed E-state index contributed by atoms with van der Waals surface area (Å²) in [6, 6.07) is 0. The average Bonchev–Trinajstić information content (AvgIpc) is 3.05. The molecule has 29 heavy (non-hydrogen) atoms. The van der Waals surface area contributed by atoms with E-state index in [1.807, 2.05) is 0 Å². The first-order valence-corrected chi connectivity index (χ1v) is 12.1. The van der Waals surface area contributed by atoms with Crippen molar-refractivity contribution in [1.82, 2.24) is 0 Å². The fraction of sp³-hybridized carbons (Fsp3) is 0.960. The van der Waals surface area contributed by atoms with Crippen LogP contribution < -0.4 is 0 Å². The Bertz CT molecular complexity index is 620. The molecule has 0 radical (unpaired) electrons. The van der Waals surface area contributed by atoms with Crippen molar-refractivity contribution in [2.45, 2.75) is 97.2 Å². The molecule has 0 aromatic heterocycles. The lowest BCUT2D eigenvalue weighted by Crippen LogP contribution is -2.58. The van der Waals surface area contributed by atoms with E-state index in [4.69, 9.17) is 4.74 Å². The quantitative estimate of drug-likeness (QED) is 0.671. The lowest BCUT2D eigenvalue weighted by Gasteiger charge is -2.62. The van der Waals surface area contributed by atoms with Gasteiger partial charge in [-0.15, -0.1) is 0 Å². The highest BCUT2D eigenvalue weighted by Gasteiger charge is 2.62. The van der Waals surface area contributed by atoms with Crippen LogP contribution in [0.5, 0.6) is 0 Å². The van der Waals surface area contributed by atoms with E-state index in [-0.39, 0.29) is 29.5 Å². The standard InChI is InChI=1S/C25H42O4/c1-15(5-8-23(28)29-4)18-6-7-19-17-14-22(27)21-13-16(26)9-11-25(21,3)20(17)10-12-24(18,19)2/h15-22,26-27H,5-14H2,1-4H3/t15-,16-,17+,18-,19+,20+,21+,22-,24-,25+/m0/s1. The van der Waals surface area contributed by atoms with Gasteiger partial charge in [0.25, 0.3) is 0 Å². The zero-order chi connectivity index (χ0) is 21.0. The van der Waals surface area contributed by atoms with Crippen LogP contribution in [0.4, 0.5) is 0 Å². The molecule has 4 fully saturated rings. The van der Waals surface area contributed by atoms with Crippen LogP contribution in [-0.4, -0.2) is 35.5 Å². The van der Waals surface area contributed by atoms with Crippen LogP contribution in [0, 0.1) is 46.3 Å². The first-order valence-electron chi connectivity index (χ1n) is 12.1. The molecule has 4 rings (SSSR count). The Kier molecular flexibility index (Phi) is 5.83. The molecule has 0 saturated heterocycles. The van der Waals surface area contributed by atoms with Gasteiger partial charge in [-0.05, 0) is 104 Å². The number of carbonyl (C=O) groups excluding carboxylic acids is 1. The fourth-order valence-corrected chi connectivity index (χ4v) is 8.90. The second-order valence-corrected chi connectivity index (χ2v) is 11.5. The Morgan fingerprint density at radius 3 is 2.41 bits per heavy atom. The summed E-state index contributed by atoms with van der Waals surface area (Å²) in [7, 11) is 1.48. The molecule has 0 unspecified atom stereocenters. The van der Waals surface area contributed by atoms with Crippen molar-refractivity contribution in [3.05, 3.63) is 0 Å². The summed E-state index contributed by atoms with van der Waals surface area (Å²) in [5.74, 6) is 3.42. The van der Waals surface area contributed by atoms with Gasteiger partial charge in [0.05, 0.1) is 19.3 Å². The summed E-state index contributed by atoms with van der Waals surface area (Å²) >= 11 is 0. The van der Waals surface area contributed by atoms with E-state index in [0.29, 0.717) is 41.4 Å². The average molecular weight is 407 g/mol. The third-order valence-corrected chi connectivity index (χ3v) is 10.4. The summed E-state index contributed by atoms with van der Waals surface area (Å²) in [4.78, 5) is 11.6. The van der Waals surface area contributed by atoms with Gasteiger partial charge in [0.1, 0.15) is 0 Å². The van der Waals surface area contributed by atoms with Gasteiger partial charge in [0.2, 0.25) is 0 Å². The number of esters is 1. The number of methoxy groups -OCH3 is 1. The zero-order valence-electron chi connectivity index (χ0n) is 18.9. The van der Waals surface area contributed by atoms with E-state index < -0.39 is 0 Å². The molecule has 0 spiro atoms. The van der Waals surface area contributed by atoms with Crippen LogP contribution in [0.25, 0.3) is 0 Å². The molecule has 4 saturated carbocycles. The molecule has 0 aromatic carbocycles.